The summed E-state index contributed by atoms with van der Waals surface area (Å²) in [5.41, 5.74) is 6.02. The maximum absolute atomic E-state index is 13.6. The highest BCUT2D eigenvalue weighted by Gasteiger charge is 2.26. The Morgan fingerprint density at radius 2 is 1.94 bits per heavy atom. The van der Waals surface area contributed by atoms with Gasteiger partial charge in [0.25, 0.3) is 0 Å². The number of halogens is 1. The summed E-state index contributed by atoms with van der Waals surface area (Å²) in [5.74, 6) is -0.603. The van der Waals surface area contributed by atoms with Crippen LogP contribution in [0.25, 0.3) is 0 Å². The number of nitrogens with zero attached hydrogens (tertiary/aromatic N) is 1. The molecular weight excluding hydrogens is 255 g/mol. The van der Waals surface area contributed by atoms with Crippen LogP contribution >= 0.6 is 0 Å². The van der Waals surface area contributed by atoms with E-state index >= 15 is 0 Å². The second kappa shape index (κ2) is 5.24. The minimum absolute atomic E-state index is 0.0985. The second-order valence-electron chi connectivity index (χ2n) is 4.42. The van der Waals surface area contributed by atoms with Crippen LogP contribution in [-0.4, -0.2) is 25.3 Å². The molecule has 102 valence electrons. The Morgan fingerprint density at radius 3 is 2.33 bits per heavy atom. The standard InChI is InChI=1S/C12H19FN2O2S/c1-5-15(8(2)3)18(16,17)10-6-11(13)9(4)12(14)7-10/h6-8H,5,14H2,1-4H3. The molecule has 0 atom stereocenters. The van der Waals surface area contributed by atoms with Crippen molar-refractivity contribution in [3.05, 3.63) is 23.5 Å². The van der Waals surface area contributed by atoms with Gasteiger partial charge in [0.1, 0.15) is 5.82 Å². The number of hydrogen-bond acceptors (Lipinski definition) is 3. The fourth-order valence-corrected chi connectivity index (χ4v) is 3.47. The molecule has 0 amide bonds. The topological polar surface area (TPSA) is 63.4 Å². The monoisotopic (exact) mass is 274 g/mol. The summed E-state index contributed by atoms with van der Waals surface area (Å²) in [6.07, 6.45) is 0. The van der Waals surface area contributed by atoms with E-state index in [2.05, 4.69) is 0 Å². The van der Waals surface area contributed by atoms with E-state index in [1.165, 1.54) is 17.3 Å². The lowest BCUT2D eigenvalue weighted by Crippen LogP contribution is -2.36. The van der Waals surface area contributed by atoms with Crippen LogP contribution in [0.1, 0.15) is 26.3 Å². The van der Waals surface area contributed by atoms with Crippen LogP contribution in [0.5, 0.6) is 0 Å². The zero-order valence-corrected chi connectivity index (χ0v) is 11.9. The molecule has 0 saturated carbocycles. The molecule has 0 aliphatic heterocycles. The lowest BCUT2D eigenvalue weighted by molar-refractivity contribution is 0.369. The number of nitrogen functional groups attached to an aromatic ring is 1. The van der Waals surface area contributed by atoms with Crippen LogP contribution in [0.4, 0.5) is 10.1 Å². The van der Waals surface area contributed by atoms with Gasteiger partial charge < -0.3 is 5.73 Å². The Kier molecular flexibility index (Phi) is 4.34. The van der Waals surface area contributed by atoms with Gasteiger partial charge in [-0.1, -0.05) is 6.92 Å². The number of sulfonamides is 1. The van der Waals surface area contributed by atoms with Gasteiger partial charge in [-0.2, -0.15) is 4.31 Å². The van der Waals surface area contributed by atoms with E-state index in [1.807, 2.05) is 0 Å². The minimum Gasteiger partial charge on any atom is -0.398 e. The molecule has 1 aromatic rings. The molecule has 0 aliphatic carbocycles. The molecule has 0 aromatic heterocycles. The van der Waals surface area contributed by atoms with Crippen molar-refractivity contribution in [1.82, 2.24) is 4.31 Å². The third-order valence-corrected chi connectivity index (χ3v) is 4.98. The fourth-order valence-electron chi connectivity index (χ4n) is 1.77. The molecule has 6 heteroatoms. The van der Waals surface area contributed by atoms with Crippen molar-refractivity contribution in [1.29, 1.82) is 0 Å². The molecule has 0 unspecified atom stereocenters. The Hall–Kier alpha value is -1.14. The van der Waals surface area contributed by atoms with Gasteiger partial charge in [0.05, 0.1) is 4.90 Å². The first kappa shape index (κ1) is 14.9. The van der Waals surface area contributed by atoms with E-state index < -0.39 is 15.8 Å². The van der Waals surface area contributed by atoms with Crippen molar-refractivity contribution in [3.8, 4) is 0 Å². The van der Waals surface area contributed by atoms with Crippen molar-refractivity contribution in [2.75, 3.05) is 12.3 Å². The van der Waals surface area contributed by atoms with Crippen LogP contribution in [-0.2, 0) is 10.0 Å². The highest BCUT2D eigenvalue weighted by molar-refractivity contribution is 7.89. The Labute approximate surface area is 108 Å². The molecule has 1 rings (SSSR count). The zero-order valence-electron chi connectivity index (χ0n) is 11.1. The maximum atomic E-state index is 13.6. The number of rotatable bonds is 4. The predicted octanol–water partition coefficient (Wildman–Crippen LogP) is 2.14. The molecule has 0 aliphatic rings. The highest BCUT2D eigenvalue weighted by Crippen LogP contribution is 2.24. The molecule has 0 fully saturated rings. The van der Waals surface area contributed by atoms with Crippen molar-refractivity contribution >= 4 is 15.7 Å². The van der Waals surface area contributed by atoms with E-state index in [1.54, 1.807) is 20.8 Å². The lowest BCUT2D eigenvalue weighted by Gasteiger charge is -2.24. The van der Waals surface area contributed by atoms with Gasteiger partial charge in [-0.15, -0.1) is 0 Å². The highest BCUT2D eigenvalue weighted by atomic mass is 32.2. The zero-order chi connectivity index (χ0) is 14.1. The van der Waals surface area contributed by atoms with Gasteiger partial charge >= 0.3 is 0 Å². The third-order valence-electron chi connectivity index (χ3n) is 2.85. The van der Waals surface area contributed by atoms with E-state index in [9.17, 15) is 12.8 Å². The normalized spacial score (nSPS) is 12.4. The average molecular weight is 274 g/mol. The molecule has 4 nitrogen and oxygen atoms in total. The number of anilines is 1. The first-order valence-corrected chi connectivity index (χ1v) is 7.23. The van der Waals surface area contributed by atoms with Gasteiger partial charge in [-0.3, -0.25) is 0 Å². The molecule has 0 heterocycles. The largest absolute Gasteiger partial charge is 0.398 e. The predicted molar refractivity (Wildman–Crippen MR) is 70.3 cm³/mol. The quantitative estimate of drug-likeness (QED) is 0.856. The average Bonchev–Trinajstić information content (AvgIpc) is 2.25. The Morgan fingerprint density at radius 1 is 1.39 bits per heavy atom. The van der Waals surface area contributed by atoms with Crippen LogP contribution < -0.4 is 5.73 Å². The Bertz CT molecular complexity index is 518. The summed E-state index contributed by atoms with van der Waals surface area (Å²) in [6.45, 7) is 7.13. The van der Waals surface area contributed by atoms with Gasteiger partial charge in [0, 0.05) is 23.8 Å². The summed E-state index contributed by atoms with van der Waals surface area (Å²) < 4.78 is 39.5. The van der Waals surface area contributed by atoms with Crippen LogP contribution in [0, 0.1) is 12.7 Å². The summed E-state index contributed by atoms with van der Waals surface area (Å²) in [6, 6.07) is 2.13. The lowest BCUT2D eigenvalue weighted by atomic mass is 10.2. The van der Waals surface area contributed by atoms with E-state index in [0.717, 1.165) is 6.07 Å². The second-order valence-corrected chi connectivity index (χ2v) is 6.31. The minimum atomic E-state index is -3.70. The van der Waals surface area contributed by atoms with Crippen molar-refractivity contribution in [2.45, 2.75) is 38.6 Å². The third kappa shape index (κ3) is 2.64. The van der Waals surface area contributed by atoms with Crippen LogP contribution in [0.3, 0.4) is 0 Å². The first-order chi connectivity index (χ1) is 8.21. The smallest absolute Gasteiger partial charge is 0.243 e. The van der Waals surface area contributed by atoms with E-state index in [-0.39, 0.29) is 22.2 Å². The maximum Gasteiger partial charge on any atom is 0.243 e. The fraction of sp³-hybridized carbons (Fsp3) is 0.500. The van der Waals surface area contributed by atoms with E-state index in [0.29, 0.717) is 6.54 Å². The Balaban J connectivity index is 3.37. The summed E-state index contributed by atoms with van der Waals surface area (Å²) in [4.78, 5) is -0.0985. The number of benzene rings is 1. The number of nitrogens with two attached hydrogens (primary N) is 1. The molecule has 2 N–H and O–H groups in total. The molecule has 0 spiro atoms. The molecular formula is C12H19FN2O2S. The van der Waals surface area contributed by atoms with Crippen LogP contribution in [0.2, 0.25) is 0 Å². The van der Waals surface area contributed by atoms with Gasteiger partial charge in [-0.05, 0) is 32.9 Å². The van der Waals surface area contributed by atoms with Crippen molar-refractivity contribution in [3.63, 3.8) is 0 Å². The van der Waals surface area contributed by atoms with Crippen LogP contribution in [0.15, 0.2) is 17.0 Å². The van der Waals surface area contributed by atoms with Gasteiger partial charge in [0.15, 0.2) is 0 Å². The summed E-state index contributed by atoms with van der Waals surface area (Å²) in [5, 5.41) is 0. The first-order valence-electron chi connectivity index (χ1n) is 5.79. The molecule has 1 aromatic carbocycles. The van der Waals surface area contributed by atoms with Crippen molar-refractivity contribution < 1.29 is 12.8 Å². The molecule has 0 bridgehead atoms. The SMILES string of the molecule is CCN(C(C)C)S(=O)(=O)c1cc(N)c(C)c(F)c1. The molecule has 0 radical (unpaired) electrons. The van der Waals surface area contributed by atoms with Gasteiger partial charge in [0.2, 0.25) is 10.0 Å². The molecule has 18 heavy (non-hydrogen) atoms. The summed E-state index contributed by atoms with van der Waals surface area (Å²) >= 11 is 0. The molecule has 0 saturated heterocycles. The summed E-state index contributed by atoms with van der Waals surface area (Å²) in [7, 11) is -3.70. The number of hydrogen-bond donors (Lipinski definition) is 1. The van der Waals surface area contributed by atoms with Gasteiger partial charge in [-0.25, -0.2) is 12.8 Å². The van der Waals surface area contributed by atoms with E-state index in [4.69, 9.17) is 5.73 Å². The van der Waals surface area contributed by atoms with Crippen molar-refractivity contribution in [2.24, 2.45) is 0 Å².